The van der Waals surface area contributed by atoms with Gasteiger partial charge in [-0.3, -0.25) is 14.5 Å². The number of aryl methyl sites for hydroxylation is 3. The van der Waals surface area contributed by atoms with Crippen molar-refractivity contribution in [3.8, 4) is 5.75 Å². The minimum absolute atomic E-state index is 0.0285. The number of furan rings is 1. The number of carbonyl (C=O) groups is 2. The highest BCUT2D eigenvalue weighted by molar-refractivity contribution is 6.51. The molecule has 4 rings (SSSR count). The molecule has 0 spiro atoms. The molecule has 1 fully saturated rings. The molecule has 1 aliphatic rings. The summed E-state index contributed by atoms with van der Waals surface area (Å²) in [5.74, 6) is -1.83. The van der Waals surface area contributed by atoms with Crippen LogP contribution in [0.25, 0.3) is 5.76 Å². The number of hydrogen-bond acceptors (Lipinski definition) is 5. The smallest absolute Gasteiger partial charge is 0.300 e. The fourth-order valence-electron chi connectivity index (χ4n) is 4.07. The summed E-state index contributed by atoms with van der Waals surface area (Å²) in [7, 11) is 1.37. The molecule has 0 bridgehead atoms. The molecule has 1 aliphatic heterocycles. The van der Waals surface area contributed by atoms with Gasteiger partial charge in [-0.05, 0) is 74.4 Å². The Hall–Kier alpha value is -3.87. The second kappa shape index (κ2) is 8.00. The molecule has 1 saturated heterocycles. The normalized spacial score (nSPS) is 17.8. The van der Waals surface area contributed by atoms with E-state index in [0.717, 1.165) is 17.2 Å². The predicted octanol–water partition coefficient (Wildman–Crippen LogP) is 4.98. The van der Waals surface area contributed by atoms with Crippen molar-refractivity contribution in [3.63, 3.8) is 0 Å². The Balaban J connectivity index is 1.99. The van der Waals surface area contributed by atoms with E-state index in [9.17, 15) is 19.1 Å². The van der Waals surface area contributed by atoms with Gasteiger partial charge < -0.3 is 14.3 Å². The zero-order valence-electron chi connectivity index (χ0n) is 18.1. The highest BCUT2D eigenvalue weighted by Crippen LogP contribution is 2.44. The maximum atomic E-state index is 14.0. The maximum absolute atomic E-state index is 14.0. The number of carbonyl (C=O) groups excluding carboxylic acids is 2. The molecule has 1 amide bonds. The summed E-state index contributed by atoms with van der Waals surface area (Å²) >= 11 is 0. The summed E-state index contributed by atoms with van der Waals surface area (Å²) < 4.78 is 25.0. The first-order valence-electron chi connectivity index (χ1n) is 10.0. The summed E-state index contributed by atoms with van der Waals surface area (Å²) in [5, 5.41) is 11.1. The van der Waals surface area contributed by atoms with Crippen LogP contribution in [-0.4, -0.2) is 23.9 Å². The number of anilines is 1. The largest absolute Gasteiger partial charge is 0.507 e. The first kappa shape index (κ1) is 21.4. The molecule has 1 atom stereocenters. The average molecular weight is 435 g/mol. The van der Waals surface area contributed by atoms with E-state index in [-0.39, 0.29) is 16.9 Å². The fraction of sp³-hybridized carbons (Fsp3) is 0.200. The Labute approximate surface area is 184 Å². The summed E-state index contributed by atoms with van der Waals surface area (Å²) in [4.78, 5) is 27.6. The number of hydrogen-bond donors (Lipinski definition) is 1. The van der Waals surface area contributed by atoms with Crippen molar-refractivity contribution >= 4 is 23.1 Å². The maximum Gasteiger partial charge on any atom is 0.300 e. The molecule has 1 N–H and O–H groups in total. The van der Waals surface area contributed by atoms with Crippen LogP contribution in [0.5, 0.6) is 5.75 Å². The number of benzene rings is 2. The Kier molecular flexibility index (Phi) is 5.34. The molecular weight excluding hydrogens is 413 g/mol. The number of rotatable bonds is 4. The number of ether oxygens (including phenoxy) is 1. The van der Waals surface area contributed by atoms with Crippen LogP contribution in [0.1, 0.15) is 34.3 Å². The van der Waals surface area contributed by atoms with Gasteiger partial charge in [0.15, 0.2) is 0 Å². The molecule has 0 aliphatic carbocycles. The van der Waals surface area contributed by atoms with Crippen molar-refractivity contribution in [2.24, 2.45) is 0 Å². The van der Waals surface area contributed by atoms with Crippen molar-refractivity contribution in [3.05, 3.63) is 88.1 Å². The van der Waals surface area contributed by atoms with Gasteiger partial charge in [-0.25, -0.2) is 4.39 Å². The summed E-state index contributed by atoms with van der Waals surface area (Å²) in [6, 6.07) is 11.4. The second-order valence-corrected chi connectivity index (χ2v) is 7.81. The first-order valence-corrected chi connectivity index (χ1v) is 10.0. The number of halogens is 1. The fourth-order valence-corrected chi connectivity index (χ4v) is 4.07. The van der Waals surface area contributed by atoms with Gasteiger partial charge in [-0.2, -0.15) is 0 Å². The van der Waals surface area contributed by atoms with Crippen LogP contribution < -0.4 is 9.64 Å². The van der Waals surface area contributed by atoms with Crippen LogP contribution in [-0.2, 0) is 9.59 Å². The average Bonchev–Trinajstić information content (AvgIpc) is 3.28. The van der Waals surface area contributed by atoms with Crippen molar-refractivity contribution < 1.29 is 28.2 Å². The molecule has 7 heteroatoms. The van der Waals surface area contributed by atoms with E-state index in [2.05, 4.69) is 0 Å². The van der Waals surface area contributed by atoms with Crippen molar-refractivity contribution in [1.29, 1.82) is 0 Å². The molecule has 6 nitrogen and oxygen atoms in total. The van der Waals surface area contributed by atoms with Crippen molar-refractivity contribution in [2.45, 2.75) is 26.8 Å². The van der Waals surface area contributed by atoms with Gasteiger partial charge in [-0.15, -0.1) is 0 Å². The molecule has 3 aromatic rings. The molecule has 2 aromatic carbocycles. The van der Waals surface area contributed by atoms with Crippen LogP contribution in [0.3, 0.4) is 0 Å². The van der Waals surface area contributed by atoms with E-state index in [1.807, 2.05) is 19.9 Å². The highest BCUT2D eigenvalue weighted by Gasteiger charge is 2.48. The molecular formula is C25H22FNO5. The second-order valence-electron chi connectivity index (χ2n) is 7.81. The summed E-state index contributed by atoms with van der Waals surface area (Å²) in [6.45, 7) is 5.51. The van der Waals surface area contributed by atoms with Crippen molar-refractivity contribution in [2.75, 3.05) is 12.0 Å². The predicted molar refractivity (Wildman–Crippen MR) is 117 cm³/mol. The van der Waals surface area contributed by atoms with E-state index in [4.69, 9.17) is 9.15 Å². The number of aliphatic hydroxyl groups excluding tert-OH is 1. The van der Waals surface area contributed by atoms with Gasteiger partial charge in [0.2, 0.25) is 0 Å². The molecule has 2 heterocycles. The third kappa shape index (κ3) is 3.56. The lowest BCUT2D eigenvalue weighted by Gasteiger charge is -2.24. The molecule has 0 radical (unpaired) electrons. The number of amides is 1. The van der Waals surface area contributed by atoms with Crippen LogP contribution in [0, 0.1) is 26.6 Å². The zero-order chi connectivity index (χ0) is 23.2. The van der Waals surface area contributed by atoms with Gasteiger partial charge in [0, 0.05) is 5.69 Å². The van der Waals surface area contributed by atoms with Gasteiger partial charge in [-0.1, -0.05) is 6.07 Å². The molecule has 0 saturated carbocycles. The number of aliphatic hydroxyl groups is 1. The molecule has 164 valence electrons. The topological polar surface area (TPSA) is 80.0 Å². The van der Waals surface area contributed by atoms with Crippen LogP contribution in [0.4, 0.5) is 10.1 Å². The number of methoxy groups -OCH3 is 1. The first-order chi connectivity index (χ1) is 15.2. The van der Waals surface area contributed by atoms with E-state index in [0.29, 0.717) is 17.2 Å². The van der Waals surface area contributed by atoms with Gasteiger partial charge in [0.25, 0.3) is 11.7 Å². The minimum Gasteiger partial charge on any atom is -0.507 e. The number of nitrogens with zero attached hydrogens (tertiary/aromatic N) is 1. The third-order valence-corrected chi connectivity index (χ3v) is 5.38. The summed E-state index contributed by atoms with van der Waals surface area (Å²) in [5.41, 5.74) is 2.08. The van der Waals surface area contributed by atoms with Gasteiger partial charge in [0.1, 0.15) is 34.9 Å². The Morgan fingerprint density at radius 2 is 1.72 bits per heavy atom. The van der Waals surface area contributed by atoms with E-state index >= 15 is 0 Å². The monoisotopic (exact) mass is 435 g/mol. The van der Waals surface area contributed by atoms with Crippen LogP contribution in [0.2, 0.25) is 0 Å². The summed E-state index contributed by atoms with van der Waals surface area (Å²) in [6.07, 6.45) is 0. The standard InChI is InChI=1S/C25H22FNO5/c1-13-9-14(2)11-17(10-13)27-22(20-7-5-15(3)32-20)21(24(29)25(27)30)23(28)18-12-16(26)6-8-19(18)31-4/h5-12,22,28H,1-4H3/b23-21+. The minimum atomic E-state index is -1.03. The number of Topliss-reactive ketones (excluding diaryl/α,β-unsaturated/α-hetero) is 1. The van der Waals surface area contributed by atoms with E-state index in [1.165, 1.54) is 24.1 Å². The van der Waals surface area contributed by atoms with Crippen LogP contribution in [0.15, 0.2) is 58.5 Å². The molecule has 1 aromatic heterocycles. The van der Waals surface area contributed by atoms with Crippen molar-refractivity contribution in [1.82, 2.24) is 0 Å². The lowest BCUT2D eigenvalue weighted by atomic mass is 9.98. The Morgan fingerprint density at radius 3 is 2.31 bits per heavy atom. The van der Waals surface area contributed by atoms with Gasteiger partial charge in [0.05, 0.1) is 18.2 Å². The zero-order valence-corrected chi connectivity index (χ0v) is 18.1. The number of ketones is 1. The quantitative estimate of drug-likeness (QED) is 0.355. The SMILES string of the molecule is COc1ccc(F)cc1/C(O)=C1\C(=O)C(=O)N(c2cc(C)cc(C)c2)C1c1ccc(C)o1. The molecule has 32 heavy (non-hydrogen) atoms. The molecule has 1 unspecified atom stereocenters. The Bertz CT molecular complexity index is 1250. The van der Waals surface area contributed by atoms with Crippen LogP contribution >= 0.6 is 0 Å². The van der Waals surface area contributed by atoms with Gasteiger partial charge >= 0.3 is 0 Å². The lowest BCUT2D eigenvalue weighted by Crippen LogP contribution is -2.29. The third-order valence-electron chi connectivity index (χ3n) is 5.38. The highest BCUT2D eigenvalue weighted by atomic mass is 19.1. The van der Waals surface area contributed by atoms with E-state index < -0.39 is 29.3 Å². The Morgan fingerprint density at radius 1 is 1.03 bits per heavy atom. The lowest BCUT2D eigenvalue weighted by molar-refractivity contribution is -0.132. The van der Waals surface area contributed by atoms with E-state index in [1.54, 1.807) is 31.2 Å².